The normalized spacial score (nSPS) is 13.0. The SMILES string of the molecule is NC(CO)C(=O)O.NC(Cc1c[nH]c2ccccc12)C(=O)O.NC(Cc1c[nH]c2ccccc12)C(=O)O. The summed E-state index contributed by atoms with van der Waals surface area (Å²) in [4.78, 5) is 37.1. The van der Waals surface area contributed by atoms with Gasteiger partial charge in [-0.25, -0.2) is 0 Å². The van der Waals surface area contributed by atoms with Crippen LogP contribution in [0.1, 0.15) is 11.1 Å². The summed E-state index contributed by atoms with van der Waals surface area (Å²) in [5.41, 5.74) is 19.6. The molecule has 37 heavy (non-hydrogen) atoms. The third kappa shape index (κ3) is 8.44. The Morgan fingerprint density at radius 2 is 1.00 bits per heavy atom. The maximum Gasteiger partial charge on any atom is 0.322 e. The van der Waals surface area contributed by atoms with Crippen molar-refractivity contribution in [3.05, 3.63) is 72.1 Å². The molecule has 0 fully saturated rings. The maximum absolute atomic E-state index is 10.6. The smallest absolute Gasteiger partial charge is 0.322 e. The number of aromatic amines is 2. The van der Waals surface area contributed by atoms with Gasteiger partial charge in [0.25, 0.3) is 0 Å². The van der Waals surface area contributed by atoms with E-state index in [-0.39, 0.29) is 0 Å². The second-order valence-corrected chi connectivity index (χ2v) is 8.14. The van der Waals surface area contributed by atoms with Gasteiger partial charge in [0.1, 0.15) is 18.1 Å². The number of carbonyl (C=O) groups is 3. The van der Waals surface area contributed by atoms with Crippen LogP contribution in [-0.4, -0.2) is 73.0 Å². The number of carboxylic acid groups (broad SMARTS) is 3. The Labute approximate surface area is 211 Å². The van der Waals surface area contributed by atoms with E-state index in [2.05, 4.69) is 9.97 Å². The third-order valence-corrected chi connectivity index (χ3v) is 5.38. The van der Waals surface area contributed by atoms with Crippen molar-refractivity contribution in [1.82, 2.24) is 9.97 Å². The lowest BCUT2D eigenvalue weighted by Crippen LogP contribution is -2.33. The van der Waals surface area contributed by atoms with Gasteiger partial charge < -0.3 is 47.6 Å². The lowest BCUT2D eigenvalue weighted by Gasteiger charge is -2.04. The summed E-state index contributed by atoms with van der Waals surface area (Å²) >= 11 is 0. The van der Waals surface area contributed by atoms with Crippen LogP contribution in [-0.2, 0) is 27.2 Å². The molecule has 3 unspecified atom stereocenters. The standard InChI is InChI=1S/2C11H12N2O2.C3H7NO3/c2*12-9(11(14)15)5-7-6-13-10-4-2-1-3-8(7)10;4-2(1-5)3(6)7/h2*1-4,6,9,13H,5,12H2,(H,14,15);2,5H,1,4H2,(H,6,7). The molecule has 0 saturated heterocycles. The number of carboxylic acids is 3. The molecule has 0 amide bonds. The van der Waals surface area contributed by atoms with E-state index < -0.39 is 42.6 Å². The fourth-order valence-corrected chi connectivity index (χ4v) is 3.33. The molecule has 4 rings (SSSR count). The molecule has 12 N–H and O–H groups in total. The molecule has 2 heterocycles. The third-order valence-electron chi connectivity index (χ3n) is 5.38. The molecule has 198 valence electrons. The zero-order valence-electron chi connectivity index (χ0n) is 19.9. The van der Waals surface area contributed by atoms with Crippen LogP contribution in [0.25, 0.3) is 21.8 Å². The number of aliphatic carboxylic acids is 3. The fourth-order valence-electron chi connectivity index (χ4n) is 3.33. The van der Waals surface area contributed by atoms with Crippen LogP contribution in [0.3, 0.4) is 0 Å². The fraction of sp³-hybridized carbons (Fsp3) is 0.240. The van der Waals surface area contributed by atoms with Crippen LogP contribution in [0.4, 0.5) is 0 Å². The van der Waals surface area contributed by atoms with Crippen LogP contribution >= 0.6 is 0 Å². The number of rotatable bonds is 8. The monoisotopic (exact) mass is 513 g/mol. The summed E-state index contributed by atoms with van der Waals surface area (Å²) in [5, 5.41) is 35.4. The number of benzene rings is 2. The molecule has 0 radical (unpaired) electrons. The van der Waals surface area contributed by atoms with Crippen molar-refractivity contribution in [2.24, 2.45) is 17.2 Å². The molecule has 0 bridgehead atoms. The number of aliphatic hydroxyl groups excluding tert-OH is 1. The van der Waals surface area contributed by atoms with E-state index in [4.69, 9.17) is 37.6 Å². The van der Waals surface area contributed by atoms with Gasteiger partial charge in [0.05, 0.1) is 6.61 Å². The number of aliphatic hydroxyl groups is 1. The van der Waals surface area contributed by atoms with E-state index in [0.717, 1.165) is 32.9 Å². The first-order valence-corrected chi connectivity index (χ1v) is 11.2. The average molecular weight is 514 g/mol. The Morgan fingerprint density at radius 3 is 1.30 bits per heavy atom. The number of hydrogen-bond donors (Lipinski definition) is 9. The van der Waals surface area contributed by atoms with E-state index in [1.165, 1.54) is 0 Å². The number of aromatic nitrogens is 2. The van der Waals surface area contributed by atoms with E-state index in [1.807, 2.05) is 60.9 Å². The lowest BCUT2D eigenvalue weighted by atomic mass is 10.1. The largest absolute Gasteiger partial charge is 0.480 e. The van der Waals surface area contributed by atoms with Gasteiger partial charge in [0.15, 0.2) is 0 Å². The number of fused-ring (bicyclic) bond motifs is 2. The number of para-hydroxylation sites is 2. The second-order valence-electron chi connectivity index (χ2n) is 8.14. The minimum absolute atomic E-state index is 0.347. The highest BCUT2D eigenvalue weighted by atomic mass is 16.4. The predicted octanol–water partition coefficient (Wildman–Crippen LogP) is 0.635. The Hall–Kier alpha value is -4.23. The topological polar surface area (TPSA) is 242 Å². The zero-order valence-corrected chi connectivity index (χ0v) is 19.9. The van der Waals surface area contributed by atoms with Crippen LogP contribution in [0, 0.1) is 0 Å². The van der Waals surface area contributed by atoms with Gasteiger partial charge in [-0.1, -0.05) is 36.4 Å². The van der Waals surface area contributed by atoms with Gasteiger partial charge >= 0.3 is 17.9 Å². The van der Waals surface area contributed by atoms with Crippen LogP contribution in [0.5, 0.6) is 0 Å². The van der Waals surface area contributed by atoms with E-state index >= 15 is 0 Å². The van der Waals surface area contributed by atoms with E-state index in [0.29, 0.717) is 12.8 Å². The number of H-pyrrole nitrogens is 2. The van der Waals surface area contributed by atoms with Crippen molar-refractivity contribution in [2.75, 3.05) is 6.61 Å². The van der Waals surface area contributed by atoms with Crippen LogP contribution < -0.4 is 17.2 Å². The molecule has 2 aromatic carbocycles. The van der Waals surface area contributed by atoms with Crippen molar-refractivity contribution in [3.8, 4) is 0 Å². The maximum atomic E-state index is 10.6. The Balaban J connectivity index is 0.000000210. The van der Waals surface area contributed by atoms with Gasteiger partial charge in [-0.3, -0.25) is 14.4 Å². The number of nitrogens with one attached hydrogen (secondary N) is 2. The number of hydrogen-bond acceptors (Lipinski definition) is 7. The van der Waals surface area contributed by atoms with Gasteiger partial charge in [-0.15, -0.1) is 0 Å². The summed E-state index contributed by atoms with van der Waals surface area (Å²) in [7, 11) is 0. The summed E-state index contributed by atoms with van der Waals surface area (Å²) in [6.45, 7) is -0.505. The summed E-state index contributed by atoms with van der Waals surface area (Å²) in [5.74, 6) is -3.12. The lowest BCUT2D eigenvalue weighted by molar-refractivity contribution is -0.140. The van der Waals surface area contributed by atoms with E-state index in [1.54, 1.807) is 0 Å². The minimum Gasteiger partial charge on any atom is -0.480 e. The quantitative estimate of drug-likeness (QED) is 0.159. The zero-order chi connectivity index (χ0) is 27.5. The molecule has 0 aliphatic rings. The predicted molar refractivity (Wildman–Crippen MR) is 138 cm³/mol. The van der Waals surface area contributed by atoms with Gasteiger partial charge in [0, 0.05) is 47.0 Å². The first-order valence-electron chi connectivity index (χ1n) is 11.2. The molecule has 0 saturated carbocycles. The highest BCUT2D eigenvalue weighted by molar-refractivity contribution is 5.85. The highest BCUT2D eigenvalue weighted by Crippen LogP contribution is 2.19. The van der Waals surface area contributed by atoms with Gasteiger partial charge in [-0.05, 0) is 23.3 Å². The van der Waals surface area contributed by atoms with E-state index in [9.17, 15) is 14.4 Å². The first-order chi connectivity index (χ1) is 17.5. The van der Waals surface area contributed by atoms with Gasteiger partial charge in [-0.2, -0.15) is 0 Å². The highest BCUT2D eigenvalue weighted by Gasteiger charge is 2.15. The van der Waals surface area contributed by atoms with Crippen molar-refractivity contribution in [1.29, 1.82) is 0 Å². The summed E-state index contributed by atoms with van der Waals surface area (Å²) < 4.78 is 0. The molecule has 0 aliphatic heterocycles. The Kier molecular flexibility index (Phi) is 10.8. The minimum atomic E-state index is -1.18. The molecule has 12 heteroatoms. The Morgan fingerprint density at radius 1 is 0.649 bits per heavy atom. The molecule has 3 atom stereocenters. The average Bonchev–Trinajstić information content (AvgIpc) is 3.48. The summed E-state index contributed by atoms with van der Waals surface area (Å²) in [6, 6.07) is 12.7. The van der Waals surface area contributed by atoms with Crippen LogP contribution in [0.15, 0.2) is 60.9 Å². The Bertz CT molecular complexity index is 1240. The van der Waals surface area contributed by atoms with Crippen molar-refractivity contribution >= 4 is 39.7 Å². The molecule has 12 nitrogen and oxygen atoms in total. The first kappa shape index (κ1) is 29.0. The molecular weight excluding hydrogens is 482 g/mol. The van der Waals surface area contributed by atoms with Crippen molar-refractivity contribution in [2.45, 2.75) is 31.0 Å². The van der Waals surface area contributed by atoms with Gasteiger partial charge in [0.2, 0.25) is 0 Å². The van der Waals surface area contributed by atoms with Crippen molar-refractivity contribution < 1.29 is 34.8 Å². The molecular formula is C25H31N5O7. The van der Waals surface area contributed by atoms with Crippen molar-refractivity contribution in [3.63, 3.8) is 0 Å². The molecule has 0 spiro atoms. The molecule has 2 aromatic heterocycles. The molecule has 0 aliphatic carbocycles. The van der Waals surface area contributed by atoms with Crippen LogP contribution in [0.2, 0.25) is 0 Å². The number of nitrogens with two attached hydrogens (primary N) is 3. The second kappa shape index (κ2) is 13.8. The molecule has 4 aromatic rings. The summed E-state index contributed by atoms with van der Waals surface area (Å²) in [6.07, 6.45) is 4.32.